The van der Waals surface area contributed by atoms with Gasteiger partial charge in [-0.05, 0) is 19.1 Å². The van der Waals surface area contributed by atoms with E-state index in [2.05, 4.69) is 20.7 Å². The Morgan fingerprint density at radius 2 is 2.23 bits per heavy atom. The molecule has 0 saturated heterocycles. The maximum atomic E-state index is 12.2. The molecule has 1 aromatic carbocycles. The number of benzene rings is 1. The predicted molar refractivity (Wildman–Crippen MR) is 78.7 cm³/mol. The molecule has 0 radical (unpaired) electrons. The van der Waals surface area contributed by atoms with Crippen LogP contribution in [0.3, 0.4) is 0 Å². The number of aromatic nitrogens is 3. The van der Waals surface area contributed by atoms with Crippen molar-refractivity contribution in [1.29, 1.82) is 0 Å². The minimum absolute atomic E-state index is 0.0281. The molecule has 0 fully saturated rings. The van der Waals surface area contributed by atoms with Crippen LogP contribution in [-0.2, 0) is 9.59 Å². The third kappa shape index (κ3) is 2.50. The number of para-hydroxylation sites is 2. The molecule has 1 aromatic heterocycles. The molecule has 0 saturated carbocycles. The van der Waals surface area contributed by atoms with Crippen molar-refractivity contribution in [1.82, 2.24) is 14.8 Å². The summed E-state index contributed by atoms with van der Waals surface area (Å²) >= 11 is 0. The van der Waals surface area contributed by atoms with Crippen molar-refractivity contribution in [3.05, 3.63) is 30.1 Å². The summed E-state index contributed by atoms with van der Waals surface area (Å²) in [5.74, 6) is 0.891. The van der Waals surface area contributed by atoms with E-state index in [1.54, 1.807) is 25.1 Å². The third-order valence-corrected chi connectivity index (χ3v) is 3.33. The first kappa shape index (κ1) is 14.1. The van der Waals surface area contributed by atoms with E-state index in [9.17, 15) is 9.59 Å². The topological polar surface area (TPSA) is 98.1 Å². The van der Waals surface area contributed by atoms with Crippen LogP contribution in [0.25, 0.3) is 0 Å². The maximum absolute atomic E-state index is 12.2. The van der Waals surface area contributed by atoms with Crippen LogP contribution in [0, 0.1) is 6.92 Å². The lowest BCUT2D eigenvalue weighted by Gasteiger charge is -2.12. The van der Waals surface area contributed by atoms with Gasteiger partial charge in [0.2, 0.25) is 11.9 Å². The second kappa shape index (κ2) is 5.47. The first-order valence-electron chi connectivity index (χ1n) is 6.75. The highest BCUT2D eigenvalue weighted by Gasteiger charge is 2.34. The largest absolute Gasteiger partial charge is 0.495 e. The van der Waals surface area contributed by atoms with Gasteiger partial charge in [0.1, 0.15) is 17.6 Å². The molecule has 1 atom stereocenters. The summed E-state index contributed by atoms with van der Waals surface area (Å²) in [6.45, 7) is 1.73. The molecular weight excluding hydrogens is 286 g/mol. The zero-order valence-corrected chi connectivity index (χ0v) is 12.2. The van der Waals surface area contributed by atoms with Crippen LogP contribution in [0.1, 0.15) is 18.3 Å². The molecule has 0 spiro atoms. The fourth-order valence-corrected chi connectivity index (χ4v) is 2.34. The van der Waals surface area contributed by atoms with Crippen LogP contribution in [0.15, 0.2) is 24.3 Å². The van der Waals surface area contributed by atoms with Crippen LogP contribution in [0.4, 0.5) is 11.6 Å². The quantitative estimate of drug-likeness (QED) is 0.881. The second-order valence-corrected chi connectivity index (χ2v) is 4.88. The van der Waals surface area contributed by atoms with E-state index in [4.69, 9.17) is 4.74 Å². The second-order valence-electron chi connectivity index (χ2n) is 4.88. The first-order chi connectivity index (χ1) is 10.6. The fourth-order valence-electron chi connectivity index (χ4n) is 2.34. The summed E-state index contributed by atoms with van der Waals surface area (Å²) in [6.07, 6.45) is -0.0281. The lowest BCUT2D eigenvalue weighted by molar-refractivity contribution is -0.123. The number of amides is 2. The zero-order chi connectivity index (χ0) is 15.7. The number of nitrogens with zero attached hydrogens (tertiary/aromatic N) is 3. The van der Waals surface area contributed by atoms with E-state index >= 15 is 0 Å². The predicted octanol–water partition coefficient (Wildman–Crippen LogP) is 1.12. The van der Waals surface area contributed by atoms with Crippen LogP contribution >= 0.6 is 0 Å². The lowest BCUT2D eigenvalue weighted by Crippen LogP contribution is -2.24. The Morgan fingerprint density at radius 3 is 3.00 bits per heavy atom. The molecule has 2 amide bonds. The van der Waals surface area contributed by atoms with E-state index in [-0.39, 0.29) is 18.2 Å². The molecule has 8 heteroatoms. The Labute approximate surface area is 126 Å². The van der Waals surface area contributed by atoms with Crippen LogP contribution in [0.2, 0.25) is 0 Å². The number of fused-ring (bicyclic) bond motifs is 1. The monoisotopic (exact) mass is 301 g/mol. The number of nitrogens with one attached hydrogen (secondary N) is 2. The normalized spacial score (nSPS) is 16.1. The Hall–Kier alpha value is -2.90. The maximum Gasteiger partial charge on any atom is 0.252 e. The molecule has 0 aliphatic carbocycles. The number of carbonyl (C=O) groups is 2. The molecule has 8 nitrogen and oxygen atoms in total. The average molecular weight is 301 g/mol. The van der Waals surface area contributed by atoms with Crippen molar-refractivity contribution in [2.24, 2.45) is 0 Å². The summed E-state index contributed by atoms with van der Waals surface area (Å²) in [7, 11) is 1.53. The number of carbonyl (C=O) groups excluding carboxylic acids is 2. The highest BCUT2D eigenvalue weighted by molar-refractivity contribution is 6.01. The van der Waals surface area contributed by atoms with Crippen molar-refractivity contribution >= 4 is 23.5 Å². The highest BCUT2D eigenvalue weighted by Crippen LogP contribution is 2.27. The van der Waals surface area contributed by atoms with Gasteiger partial charge < -0.3 is 10.1 Å². The van der Waals surface area contributed by atoms with Gasteiger partial charge in [-0.3, -0.25) is 14.9 Å². The molecule has 2 aromatic rings. The van der Waals surface area contributed by atoms with E-state index < -0.39 is 6.04 Å². The van der Waals surface area contributed by atoms with Gasteiger partial charge in [-0.1, -0.05) is 12.1 Å². The molecule has 114 valence electrons. The molecule has 2 heterocycles. The summed E-state index contributed by atoms with van der Waals surface area (Å²) in [5, 5.41) is 9.48. The van der Waals surface area contributed by atoms with E-state index in [0.717, 1.165) is 0 Å². The van der Waals surface area contributed by atoms with Gasteiger partial charge in [0.05, 0.1) is 19.2 Å². The van der Waals surface area contributed by atoms with E-state index in [1.807, 2.05) is 6.07 Å². The number of hydrogen-bond donors (Lipinski definition) is 2. The van der Waals surface area contributed by atoms with Crippen molar-refractivity contribution in [3.63, 3.8) is 0 Å². The van der Waals surface area contributed by atoms with Crippen molar-refractivity contribution in [2.75, 3.05) is 17.7 Å². The van der Waals surface area contributed by atoms with E-state index in [0.29, 0.717) is 23.2 Å². The average Bonchev–Trinajstić information content (AvgIpc) is 2.97. The molecule has 0 bridgehead atoms. The van der Waals surface area contributed by atoms with Gasteiger partial charge >= 0.3 is 0 Å². The Bertz CT molecular complexity index is 740. The highest BCUT2D eigenvalue weighted by atomic mass is 16.5. The third-order valence-electron chi connectivity index (χ3n) is 3.33. The zero-order valence-electron chi connectivity index (χ0n) is 12.2. The standard InChI is InChI=1S/C14H15N5O3/c1-8-15-14-17-13(21)10(19(14)18-8)7-12(20)16-9-5-3-4-6-11(9)22-2/h3-6,10H,7H2,1-2H3,(H,16,20)(H,15,17,18,21). The van der Waals surface area contributed by atoms with Gasteiger partial charge in [-0.25, -0.2) is 4.68 Å². The Morgan fingerprint density at radius 1 is 1.45 bits per heavy atom. The summed E-state index contributed by atoms with van der Waals surface area (Å²) in [6, 6.07) is 6.39. The minimum atomic E-state index is -0.689. The van der Waals surface area contributed by atoms with Gasteiger partial charge in [0, 0.05) is 0 Å². The van der Waals surface area contributed by atoms with Crippen molar-refractivity contribution in [2.45, 2.75) is 19.4 Å². The molecule has 2 N–H and O–H groups in total. The number of ether oxygens (including phenoxy) is 1. The van der Waals surface area contributed by atoms with Gasteiger partial charge in [0.15, 0.2) is 0 Å². The number of anilines is 2. The van der Waals surface area contributed by atoms with Gasteiger partial charge in [0.25, 0.3) is 5.91 Å². The summed E-state index contributed by atoms with van der Waals surface area (Å²) in [4.78, 5) is 28.2. The number of methoxy groups -OCH3 is 1. The molecule has 3 rings (SSSR count). The number of hydrogen-bond acceptors (Lipinski definition) is 5. The number of aryl methyl sites for hydroxylation is 1. The molecule has 1 aliphatic heterocycles. The molecular formula is C14H15N5O3. The Kier molecular flexibility index (Phi) is 3.50. The van der Waals surface area contributed by atoms with Gasteiger partial charge in [-0.2, -0.15) is 10.1 Å². The number of rotatable bonds is 4. The van der Waals surface area contributed by atoms with E-state index in [1.165, 1.54) is 11.8 Å². The lowest BCUT2D eigenvalue weighted by atomic mass is 10.2. The SMILES string of the molecule is COc1ccccc1NC(=O)CC1C(=O)Nc2nc(C)nn21. The smallest absolute Gasteiger partial charge is 0.252 e. The molecule has 22 heavy (non-hydrogen) atoms. The fraction of sp³-hybridized carbons (Fsp3) is 0.286. The summed E-state index contributed by atoms with van der Waals surface area (Å²) < 4.78 is 6.62. The van der Waals surface area contributed by atoms with Crippen molar-refractivity contribution < 1.29 is 14.3 Å². The van der Waals surface area contributed by atoms with Crippen LogP contribution in [0.5, 0.6) is 5.75 Å². The molecule has 1 aliphatic rings. The van der Waals surface area contributed by atoms with Crippen LogP contribution in [-0.4, -0.2) is 33.7 Å². The first-order valence-corrected chi connectivity index (χ1v) is 6.75. The van der Waals surface area contributed by atoms with Crippen molar-refractivity contribution in [3.8, 4) is 5.75 Å². The molecule has 1 unspecified atom stereocenters. The van der Waals surface area contributed by atoms with Gasteiger partial charge in [-0.15, -0.1) is 0 Å². The summed E-state index contributed by atoms with van der Waals surface area (Å²) in [5.41, 5.74) is 0.559. The minimum Gasteiger partial charge on any atom is -0.495 e. The van der Waals surface area contributed by atoms with Crippen LogP contribution < -0.4 is 15.4 Å². The Balaban J connectivity index is 1.73.